The third-order valence-electron chi connectivity index (χ3n) is 6.11. The van der Waals surface area contributed by atoms with Crippen molar-refractivity contribution < 1.29 is 4.79 Å². The van der Waals surface area contributed by atoms with E-state index in [0.29, 0.717) is 12.3 Å². The average molecular weight is 386 g/mol. The summed E-state index contributed by atoms with van der Waals surface area (Å²) in [5.74, 6) is 2.81. The monoisotopic (exact) mass is 385 g/mol. The van der Waals surface area contributed by atoms with E-state index in [9.17, 15) is 4.79 Å². The van der Waals surface area contributed by atoms with E-state index in [4.69, 9.17) is 0 Å². The van der Waals surface area contributed by atoms with Gasteiger partial charge in [0.15, 0.2) is 0 Å². The molecule has 0 atom stereocenters. The Balaban J connectivity index is 1.24. The first kappa shape index (κ1) is 19.1. The topological polar surface area (TPSA) is 72.1 Å². The summed E-state index contributed by atoms with van der Waals surface area (Å²) >= 11 is 0. The summed E-state index contributed by atoms with van der Waals surface area (Å²) in [6, 6.07) is 1.91. The van der Waals surface area contributed by atoms with Gasteiger partial charge in [0.05, 0.1) is 6.54 Å². The zero-order chi connectivity index (χ0) is 19.3. The van der Waals surface area contributed by atoms with Crippen LogP contribution in [0.4, 0.5) is 0 Å². The van der Waals surface area contributed by atoms with Crippen LogP contribution in [0.3, 0.4) is 0 Å². The molecule has 1 amide bonds. The molecule has 0 unspecified atom stereocenters. The lowest BCUT2D eigenvalue weighted by molar-refractivity contribution is -0.132. The van der Waals surface area contributed by atoms with Gasteiger partial charge in [0, 0.05) is 51.4 Å². The van der Waals surface area contributed by atoms with Crippen LogP contribution in [-0.4, -0.2) is 66.4 Å². The Morgan fingerprint density at radius 1 is 1.14 bits per heavy atom. The lowest BCUT2D eigenvalue weighted by Crippen LogP contribution is -2.38. The van der Waals surface area contributed by atoms with Crippen molar-refractivity contribution in [3.63, 3.8) is 0 Å². The van der Waals surface area contributed by atoms with E-state index >= 15 is 0 Å². The van der Waals surface area contributed by atoms with Gasteiger partial charge in [-0.1, -0.05) is 0 Å². The summed E-state index contributed by atoms with van der Waals surface area (Å²) in [4.78, 5) is 17.0. The molecular formula is C20H31N7O. The average Bonchev–Trinajstić information content (AvgIpc) is 3.47. The molecule has 8 heteroatoms. The molecule has 2 fully saturated rings. The smallest absolute Gasteiger partial charge is 0.222 e. The summed E-state index contributed by atoms with van der Waals surface area (Å²) in [6.45, 7) is 5.68. The van der Waals surface area contributed by atoms with Crippen molar-refractivity contribution in [1.29, 1.82) is 0 Å². The van der Waals surface area contributed by atoms with Crippen LogP contribution in [-0.2, 0) is 24.9 Å². The fraction of sp³-hybridized carbons (Fsp3) is 0.700. The maximum absolute atomic E-state index is 12.5. The molecule has 2 aromatic heterocycles. The number of aromatic nitrogens is 5. The van der Waals surface area contributed by atoms with E-state index in [1.54, 1.807) is 6.20 Å². The number of aryl methyl sites for hydroxylation is 1. The zero-order valence-corrected chi connectivity index (χ0v) is 16.8. The molecular weight excluding hydrogens is 354 g/mol. The van der Waals surface area contributed by atoms with Crippen LogP contribution in [0.15, 0.2) is 18.5 Å². The van der Waals surface area contributed by atoms with Crippen molar-refractivity contribution in [2.75, 3.05) is 26.2 Å². The summed E-state index contributed by atoms with van der Waals surface area (Å²) in [6.07, 6.45) is 9.67. The molecule has 0 radical (unpaired) electrons. The molecule has 0 aromatic carbocycles. The summed E-state index contributed by atoms with van der Waals surface area (Å²) in [5, 5.41) is 13.1. The van der Waals surface area contributed by atoms with Gasteiger partial charge in [-0.2, -0.15) is 5.10 Å². The van der Waals surface area contributed by atoms with Crippen LogP contribution >= 0.6 is 0 Å². The molecule has 2 saturated heterocycles. The van der Waals surface area contributed by atoms with Crippen molar-refractivity contribution in [2.24, 2.45) is 7.05 Å². The number of carbonyl (C=O) groups is 1. The normalized spacial score (nSPS) is 18.8. The number of amides is 1. The minimum absolute atomic E-state index is 0.262. The van der Waals surface area contributed by atoms with Gasteiger partial charge in [-0.05, 0) is 51.3 Å². The molecule has 2 aromatic rings. The Bertz CT molecular complexity index is 756. The predicted octanol–water partition coefficient (Wildman–Crippen LogP) is 1.79. The molecule has 8 nitrogen and oxygen atoms in total. The molecule has 2 aliphatic rings. The van der Waals surface area contributed by atoms with Gasteiger partial charge in [-0.25, -0.2) is 0 Å². The Kier molecular flexibility index (Phi) is 6.04. The second-order valence-corrected chi connectivity index (χ2v) is 8.04. The van der Waals surface area contributed by atoms with Crippen LogP contribution in [0, 0.1) is 0 Å². The molecule has 2 aliphatic heterocycles. The summed E-state index contributed by atoms with van der Waals surface area (Å²) in [5.41, 5.74) is 0. The predicted molar refractivity (Wildman–Crippen MR) is 106 cm³/mol. The second-order valence-electron chi connectivity index (χ2n) is 8.04. The number of carbonyl (C=O) groups excluding carboxylic acids is 1. The number of likely N-dealkylation sites (tertiary alicyclic amines) is 2. The van der Waals surface area contributed by atoms with Gasteiger partial charge in [-0.15, -0.1) is 10.2 Å². The van der Waals surface area contributed by atoms with Gasteiger partial charge in [-0.3, -0.25) is 14.4 Å². The van der Waals surface area contributed by atoms with E-state index in [2.05, 4.69) is 31.8 Å². The van der Waals surface area contributed by atoms with Crippen LogP contribution < -0.4 is 0 Å². The molecule has 4 heterocycles. The number of hydrogen-bond donors (Lipinski definition) is 0. The van der Waals surface area contributed by atoms with Crippen molar-refractivity contribution in [1.82, 2.24) is 34.3 Å². The maximum Gasteiger partial charge on any atom is 0.222 e. The van der Waals surface area contributed by atoms with E-state index in [1.165, 1.54) is 25.9 Å². The van der Waals surface area contributed by atoms with Crippen LogP contribution in [0.5, 0.6) is 0 Å². The highest BCUT2D eigenvalue weighted by Crippen LogP contribution is 2.27. The zero-order valence-electron chi connectivity index (χ0n) is 16.8. The Labute approximate surface area is 166 Å². The van der Waals surface area contributed by atoms with Crippen LogP contribution in [0.1, 0.15) is 56.1 Å². The highest BCUT2D eigenvalue weighted by atomic mass is 16.2. The van der Waals surface area contributed by atoms with Crippen LogP contribution in [0.25, 0.3) is 0 Å². The van der Waals surface area contributed by atoms with Crippen molar-refractivity contribution >= 4 is 5.91 Å². The highest BCUT2D eigenvalue weighted by molar-refractivity contribution is 5.76. The Hall–Kier alpha value is -2.22. The lowest BCUT2D eigenvalue weighted by Gasteiger charge is -2.31. The quantitative estimate of drug-likeness (QED) is 0.727. The van der Waals surface area contributed by atoms with Gasteiger partial charge >= 0.3 is 0 Å². The van der Waals surface area contributed by atoms with Crippen LogP contribution in [0.2, 0.25) is 0 Å². The Morgan fingerprint density at radius 2 is 1.93 bits per heavy atom. The highest BCUT2D eigenvalue weighted by Gasteiger charge is 2.27. The maximum atomic E-state index is 12.5. The van der Waals surface area contributed by atoms with Gasteiger partial charge in [0.1, 0.15) is 11.6 Å². The first-order chi connectivity index (χ1) is 13.7. The lowest BCUT2D eigenvalue weighted by atomic mass is 9.95. The molecule has 0 saturated carbocycles. The Morgan fingerprint density at radius 3 is 2.64 bits per heavy atom. The van der Waals surface area contributed by atoms with Gasteiger partial charge in [0.2, 0.25) is 5.91 Å². The largest absolute Gasteiger partial charge is 0.343 e. The van der Waals surface area contributed by atoms with Gasteiger partial charge in [0.25, 0.3) is 0 Å². The SMILES string of the molecule is Cn1c(CN2CCCC2)nnc1C1CCN(C(=O)CCCn2cccn2)CC1. The van der Waals surface area contributed by atoms with Gasteiger partial charge < -0.3 is 9.47 Å². The molecule has 152 valence electrons. The number of hydrogen-bond acceptors (Lipinski definition) is 5. The van der Waals surface area contributed by atoms with E-state index < -0.39 is 0 Å². The number of rotatable bonds is 7. The second kappa shape index (κ2) is 8.86. The molecule has 0 aliphatic carbocycles. The van der Waals surface area contributed by atoms with E-state index in [1.807, 2.05) is 21.8 Å². The fourth-order valence-corrected chi connectivity index (χ4v) is 4.38. The molecule has 4 rings (SSSR count). The first-order valence-corrected chi connectivity index (χ1v) is 10.6. The molecule has 0 N–H and O–H groups in total. The first-order valence-electron chi connectivity index (χ1n) is 10.6. The fourth-order valence-electron chi connectivity index (χ4n) is 4.38. The standard InChI is InChI=1S/C20H31N7O/c1-24-18(16-25-10-2-3-11-25)22-23-20(24)17-7-14-26(15-8-17)19(28)6-4-12-27-13-5-9-21-27/h5,9,13,17H,2-4,6-8,10-12,14-16H2,1H3. The molecule has 28 heavy (non-hydrogen) atoms. The minimum atomic E-state index is 0.262. The van der Waals surface area contributed by atoms with Crippen molar-refractivity contribution in [2.45, 2.75) is 57.5 Å². The van der Waals surface area contributed by atoms with Crippen molar-refractivity contribution in [3.05, 3.63) is 30.1 Å². The minimum Gasteiger partial charge on any atom is -0.343 e. The third kappa shape index (κ3) is 4.43. The number of nitrogens with zero attached hydrogens (tertiary/aromatic N) is 7. The van der Waals surface area contributed by atoms with E-state index in [0.717, 1.165) is 57.1 Å². The number of piperidine rings is 1. The molecule has 0 bridgehead atoms. The third-order valence-corrected chi connectivity index (χ3v) is 6.11. The van der Waals surface area contributed by atoms with E-state index in [-0.39, 0.29) is 5.91 Å². The van der Waals surface area contributed by atoms with Crippen molar-refractivity contribution in [3.8, 4) is 0 Å². The summed E-state index contributed by atoms with van der Waals surface area (Å²) in [7, 11) is 2.09. The summed E-state index contributed by atoms with van der Waals surface area (Å²) < 4.78 is 4.07. The molecule has 0 spiro atoms.